The largest absolute Gasteiger partial charge is 0.341 e. The zero-order chi connectivity index (χ0) is 15.4. The average molecular weight is 388 g/mol. The molecule has 1 saturated heterocycles. The predicted molar refractivity (Wildman–Crippen MR) is 104 cm³/mol. The summed E-state index contributed by atoms with van der Waals surface area (Å²) in [5.41, 5.74) is 2.14. The number of aromatic nitrogens is 1. The smallest absolute Gasteiger partial charge is 0.228 e. The van der Waals surface area contributed by atoms with Gasteiger partial charge >= 0.3 is 0 Å². The maximum Gasteiger partial charge on any atom is 0.228 e. The van der Waals surface area contributed by atoms with E-state index in [4.69, 9.17) is 0 Å². The Morgan fingerprint density at radius 2 is 2.08 bits per heavy atom. The first-order chi connectivity index (χ1) is 10.7. The molecule has 1 aromatic carbocycles. The monoisotopic (exact) mass is 387 g/mol. The molecule has 1 aliphatic heterocycles. The number of carbonyl (C=O) groups excluding carboxylic acids is 1. The molecule has 1 fully saturated rings. The van der Waals surface area contributed by atoms with Crippen molar-refractivity contribution in [1.82, 2.24) is 15.2 Å². The van der Waals surface area contributed by atoms with E-state index in [1.807, 2.05) is 35.5 Å². The first-order valence-corrected chi connectivity index (χ1v) is 8.54. The van der Waals surface area contributed by atoms with E-state index in [0.29, 0.717) is 12.5 Å². The first-order valence-electron chi connectivity index (χ1n) is 7.66. The molecular formula is C17H23Cl2N3OS. The first kappa shape index (κ1) is 20.9. The molecule has 0 saturated carbocycles. The number of hydrogen-bond donors (Lipinski definition) is 1. The number of carbonyl (C=O) groups is 1. The summed E-state index contributed by atoms with van der Waals surface area (Å²) in [7, 11) is 1.90. The van der Waals surface area contributed by atoms with Crippen molar-refractivity contribution in [3.8, 4) is 0 Å². The summed E-state index contributed by atoms with van der Waals surface area (Å²) < 4.78 is 0. The van der Waals surface area contributed by atoms with Crippen LogP contribution in [0.4, 0.5) is 0 Å². The van der Waals surface area contributed by atoms with Crippen molar-refractivity contribution < 1.29 is 4.79 Å². The minimum Gasteiger partial charge on any atom is -0.341 e. The molecule has 0 aliphatic carbocycles. The molecule has 1 unspecified atom stereocenters. The van der Waals surface area contributed by atoms with E-state index in [2.05, 4.69) is 22.4 Å². The van der Waals surface area contributed by atoms with Gasteiger partial charge in [-0.05, 0) is 18.5 Å². The van der Waals surface area contributed by atoms with Gasteiger partial charge in [-0.1, -0.05) is 30.3 Å². The Bertz CT molecular complexity index is 630. The lowest BCUT2D eigenvalue weighted by Gasteiger charge is -2.23. The minimum atomic E-state index is 0. The fourth-order valence-electron chi connectivity index (χ4n) is 2.74. The Balaban J connectivity index is 0.00000144. The highest BCUT2D eigenvalue weighted by Crippen LogP contribution is 2.16. The van der Waals surface area contributed by atoms with Crippen LogP contribution in [0.25, 0.3) is 0 Å². The van der Waals surface area contributed by atoms with Crippen molar-refractivity contribution >= 4 is 42.1 Å². The van der Waals surface area contributed by atoms with Gasteiger partial charge in [-0.15, -0.1) is 36.2 Å². The summed E-state index contributed by atoms with van der Waals surface area (Å²) in [6.07, 6.45) is 2.28. The van der Waals surface area contributed by atoms with Crippen LogP contribution in [0.3, 0.4) is 0 Å². The van der Waals surface area contributed by atoms with Crippen molar-refractivity contribution in [2.24, 2.45) is 0 Å². The van der Waals surface area contributed by atoms with Crippen LogP contribution in [0, 0.1) is 0 Å². The lowest BCUT2D eigenvalue weighted by molar-refractivity contribution is -0.130. The van der Waals surface area contributed by atoms with E-state index in [1.54, 1.807) is 11.3 Å². The Morgan fingerprint density at radius 3 is 2.75 bits per heavy atom. The molecule has 1 aliphatic rings. The van der Waals surface area contributed by atoms with Gasteiger partial charge < -0.3 is 10.2 Å². The van der Waals surface area contributed by atoms with Gasteiger partial charge in [0, 0.05) is 31.4 Å². The van der Waals surface area contributed by atoms with Crippen LogP contribution in [0.2, 0.25) is 0 Å². The summed E-state index contributed by atoms with van der Waals surface area (Å²) in [6.45, 7) is 1.90. The van der Waals surface area contributed by atoms with E-state index >= 15 is 0 Å². The van der Waals surface area contributed by atoms with Gasteiger partial charge in [0.2, 0.25) is 5.91 Å². The standard InChI is InChI=1S/C17H21N3OS.2ClH/c1-20(15-7-8-18-11-15)17(21)10-14-12-22-16(19-14)9-13-5-3-2-4-6-13;;/h2-6,12,15,18H,7-11H2,1H3;2*1H. The molecule has 1 N–H and O–H groups in total. The Labute approximate surface area is 159 Å². The number of thiazole rings is 1. The maximum atomic E-state index is 12.3. The van der Waals surface area contributed by atoms with Crippen molar-refractivity contribution in [2.75, 3.05) is 20.1 Å². The van der Waals surface area contributed by atoms with Crippen molar-refractivity contribution in [3.63, 3.8) is 0 Å². The highest BCUT2D eigenvalue weighted by atomic mass is 35.5. The molecule has 1 aromatic heterocycles. The van der Waals surface area contributed by atoms with Crippen LogP contribution in [0.15, 0.2) is 35.7 Å². The summed E-state index contributed by atoms with van der Waals surface area (Å²) in [5, 5.41) is 6.38. The number of likely N-dealkylation sites (N-methyl/N-ethyl adjacent to an activating group) is 1. The number of rotatable bonds is 5. The van der Waals surface area contributed by atoms with Gasteiger partial charge in [-0.2, -0.15) is 0 Å². The third-order valence-corrected chi connectivity index (χ3v) is 5.00. The SMILES string of the molecule is CN(C(=O)Cc1csc(Cc2ccccc2)n1)C1CCNC1.Cl.Cl. The van der Waals surface area contributed by atoms with Crippen LogP contribution < -0.4 is 5.32 Å². The van der Waals surface area contributed by atoms with Gasteiger partial charge in [0.25, 0.3) is 0 Å². The molecule has 24 heavy (non-hydrogen) atoms. The van der Waals surface area contributed by atoms with Gasteiger partial charge in [0.1, 0.15) is 0 Å². The normalized spacial score (nSPS) is 16.1. The van der Waals surface area contributed by atoms with Gasteiger partial charge in [0.15, 0.2) is 0 Å². The van der Waals surface area contributed by atoms with Crippen LogP contribution in [-0.4, -0.2) is 42.0 Å². The second-order valence-corrected chi connectivity index (χ2v) is 6.67. The molecule has 7 heteroatoms. The third-order valence-electron chi connectivity index (χ3n) is 4.11. The molecule has 3 rings (SSSR count). The molecule has 1 amide bonds. The lowest BCUT2D eigenvalue weighted by Crippen LogP contribution is -2.39. The van der Waals surface area contributed by atoms with Crippen molar-refractivity contribution in [2.45, 2.75) is 25.3 Å². The highest BCUT2D eigenvalue weighted by Gasteiger charge is 2.23. The van der Waals surface area contributed by atoms with Gasteiger partial charge in [0.05, 0.1) is 17.1 Å². The average Bonchev–Trinajstić information content (AvgIpc) is 3.19. The number of benzene rings is 1. The Hall–Kier alpha value is -1.14. The van der Waals surface area contributed by atoms with Crippen LogP contribution in [-0.2, 0) is 17.6 Å². The number of nitrogens with one attached hydrogen (secondary N) is 1. The Morgan fingerprint density at radius 1 is 1.33 bits per heavy atom. The number of halogens is 2. The topological polar surface area (TPSA) is 45.2 Å². The fourth-order valence-corrected chi connectivity index (χ4v) is 3.56. The molecule has 0 bridgehead atoms. The van der Waals surface area contributed by atoms with Gasteiger partial charge in [-0.25, -0.2) is 4.98 Å². The molecule has 132 valence electrons. The molecule has 4 nitrogen and oxygen atoms in total. The molecule has 0 radical (unpaired) electrons. The zero-order valence-electron chi connectivity index (χ0n) is 13.6. The van der Waals surface area contributed by atoms with Crippen molar-refractivity contribution in [1.29, 1.82) is 0 Å². The van der Waals surface area contributed by atoms with E-state index in [1.165, 1.54) is 5.56 Å². The molecule has 1 atom stereocenters. The number of nitrogens with zero attached hydrogens (tertiary/aromatic N) is 2. The highest BCUT2D eigenvalue weighted by molar-refractivity contribution is 7.09. The quantitative estimate of drug-likeness (QED) is 0.857. The molecule has 2 aromatic rings. The summed E-state index contributed by atoms with van der Waals surface area (Å²) >= 11 is 1.64. The van der Waals surface area contributed by atoms with Crippen LogP contribution in [0.5, 0.6) is 0 Å². The van der Waals surface area contributed by atoms with Crippen molar-refractivity contribution in [3.05, 3.63) is 52.0 Å². The second-order valence-electron chi connectivity index (χ2n) is 5.72. The molecule has 0 spiro atoms. The molecular weight excluding hydrogens is 365 g/mol. The van der Waals surface area contributed by atoms with Crippen LogP contribution in [0.1, 0.15) is 22.7 Å². The predicted octanol–water partition coefficient (Wildman–Crippen LogP) is 2.94. The maximum absolute atomic E-state index is 12.3. The number of amides is 1. The summed E-state index contributed by atoms with van der Waals surface area (Å²) in [6, 6.07) is 10.6. The Kier molecular flexibility index (Phi) is 8.70. The number of hydrogen-bond acceptors (Lipinski definition) is 4. The summed E-state index contributed by atoms with van der Waals surface area (Å²) in [4.78, 5) is 18.8. The van der Waals surface area contributed by atoms with Gasteiger partial charge in [-0.3, -0.25) is 4.79 Å². The minimum absolute atomic E-state index is 0. The fraction of sp³-hybridized carbons (Fsp3) is 0.412. The van der Waals surface area contributed by atoms with Crippen LogP contribution >= 0.6 is 36.2 Å². The third kappa shape index (κ3) is 5.45. The zero-order valence-corrected chi connectivity index (χ0v) is 16.1. The second kappa shape index (κ2) is 9.99. The van der Waals surface area contributed by atoms with E-state index in [9.17, 15) is 4.79 Å². The molecule has 2 heterocycles. The van der Waals surface area contributed by atoms with E-state index < -0.39 is 0 Å². The van der Waals surface area contributed by atoms with E-state index in [-0.39, 0.29) is 30.7 Å². The lowest BCUT2D eigenvalue weighted by atomic mass is 10.2. The summed E-state index contributed by atoms with van der Waals surface area (Å²) in [5.74, 6) is 0.158. The van der Waals surface area contributed by atoms with E-state index in [0.717, 1.165) is 36.6 Å².